The molecule has 0 aliphatic carbocycles. The van der Waals surface area contributed by atoms with Crippen LogP contribution in [0.3, 0.4) is 0 Å². The summed E-state index contributed by atoms with van der Waals surface area (Å²) in [6, 6.07) is 12.1. The molecule has 0 amide bonds. The molecule has 1 aliphatic heterocycles. The van der Waals surface area contributed by atoms with Gasteiger partial charge in [-0.1, -0.05) is 24.3 Å². The first kappa shape index (κ1) is 22.4. The molecule has 176 valence electrons. The van der Waals surface area contributed by atoms with Crippen molar-refractivity contribution in [3.8, 4) is 5.95 Å². The number of anilines is 1. The van der Waals surface area contributed by atoms with Gasteiger partial charge in [-0.15, -0.1) is 0 Å². The first-order valence-electron chi connectivity index (χ1n) is 10.9. The third-order valence-corrected chi connectivity index (χ3v) is 6.36. The maximum absolute atomic E-state index is 13.6. The van der Waals surface area contributed by atoms with E-state index in [4.69, 9.17) is 9.97 Å². The molecule has 9 nitrogen and oxygen atoms in total. The lowest BCUT2D eigenvalue weighted by molar-refractivity contribution is 0.588. The molecule has 0 fully saturated rings. The molecule has 0 radical (unpaired) electrons. The van der Waals surface area contributed by atoms with E-state index in [-0.39, 0.29) is 12.4 Å². The third-order valence-electron chi connectivity index (χ3n) is 5.69. The van der Waals surface area contributed by atoms with Gasteiger partial charge in [0.15, 0.2) is 0 Å². The van der Waals surface area contributed by atoms with Crippen LogP contribution < -0.4 is 15.4 Å². The molecule has 5 rings (SSSR count). The summed E-state index contributed by atoms with van der Waals surface area (Å²) in [5.41, 5.74) is 4.31. The molecule has 2 aromatic heterocycles. The maximum Gasteiger partial charge on any atom is 0.253 e. The Balaban J connectivity index is 1.52. The van der Waals surface area contributed by atoms with Gasteiger partial charge in [0.2, 0.25) is 10.0 Å². The van der Waals surface area contributed by atoms with E-state index in [9.17, 15) is 12.8 Å². The lowest BCUT2D eigenvalue weighted by Crippen LogP contribution is -2.27. The standard InChI is InChI=1S/C23H24FN7O2S/c1-34(32,33)28-12-16-5-3-7-21-19(16)13-27-31(21)23-29-20-14-25-9-8-18(20)22(30-23)26-11-15-4-2-6-17(24)10-15/h2-7,10,13,25,28H,8-9,11-12,14H2,1H3,(H,26,29,30). The van der Waals surface area contributed by atoms with E-state index in [0.717, 1.165) is 52.5 Å². The highest BCUT2D eigenvalue weighted by atomic mass is 32.2. The van der Waals surface area contributed by atoms with Crippen LogP contribution in [0.1, 0.15) is 22.4 Å². The van der Waals surface area contributed by atoms with Crippen molar-refractivity contribution in [3.63, 3.8) is 0 Å². The molecule has 0 unspecified atom stereocenters. The Morgan fingerprint density at radius 1 is 1.15 bits per heavy atom. The molecule has 11 heteroatoms. The van der Waals surface area contributed by atoms with Gasteiger partial charge in [0.1, 0.15) is 11.6 Å². The second-order valence-corrected chi connectivity index (χ2v) is 10.0. The molecule has 4 aromatic rings. The highest BCUT2D eigenvalue weighted by molar-refractivity contribution is 7.88. The van der Waals surface area contributed by atoms with Crippen LogP contribution in [-0.4, -0.2) is 41.0 Å². The van der Waals surface area contributed by atoms with Crippen LogP contribution in [0.15, 0.2) is 48.7 Å². The van der Waals surface area contributed by atoms with Crippen molar-refractivity contribution in [1.29, 1.82) is 0 Å². The third kappa shape index (κ3) is 4.76. The average molecular weight is 482 g/mol. The first-order valence-corrected chi connectivity index (χ1v) is 12.8. The molecule has 2 aromatic carbocycles. The van der Waals surface area contributed by atoms with Crippen molar-refractivity contribution in [2.45, 2.75) is 26.1 Å². The lowest BCUT2D eigenvalue weighted by atomic mass is 10.1. The van der Waals surface area contributed by atoms with E-state index in [0.29, 0.717) is 24.9 Å². The zero-order valence-electron chi connectivity index (χ0n) is 18.5. The van der Waals surface area contributed by atoms with Gasteiger partial charge < -0.3 is 10.6 Å². The van der Waals surface area contributed by atoms with E-state index in [1.54, 1.807) is 16.9 Å². The Kier molecular flexibility index (Phi) is 5.98. The number of hydrogen-bond donors (Lipinski definition) is 3. The quantitative estimate of drug-likeness (QED) is 0.371. The maximum atomic E-state index is 13.6. The number of nitrogens with one attached hydrogen (secondary N) is 3. The van der Waals surface area contributed by atoms with Crippen molar-refractivity contribution in [2.24, 2.45) is 0 Å². The molecular weight excluding hydrogens is 457 g/mol. The molecule has 1 aliphatic rings. The largest absolute Gasteiger partial charge is 0.366 e. The molecule has 34 heavy (non-hydrogen) atoms. The number of sulfonamides is 1. The Labute approximate surface area is 196 Å². The Morgan fingerprint density at radius 3 is 2.82 bits per heavy atom. The highest BCUT2D eigenvalue weighted by Gasteiger charge is 2.20. The fourth-order valence-corrected chi connectivity index (χ4v) is 4.47. The summed E-state index contributed by atoms with van der Waals surface area (Å²) in [5.74, 6) is 0.829. The van der Waals surface area contributed by atoms with Crippen LogP contribution in [0, 0.1) is 5.82 Å². The van der Waals surface area contributed by atoms with Gasteiger partial charge in [-0.05, 0) is 42.3 Å². The summed E-state index contributed by atoms with van der Waals surface area (Å²) < 4.78 is 40.9. The van der Waals surface area contributed by atoms with Crippen molar-refractivity contribution in [1.82, 2.24) is 29.8 Å². The number of aromatic nitrogens is 4. The van der Waals surface area contributed by atoms with Crippen molar-refractivity contribution < 1.29 is 12.8 Å². The minimum Gasteiger partial charge on any atom is -0.366 e. The molecule has 0 saturated carbocycles. The minimum atomic E-state index is -3.32. The monoisotopic (exact) mass is 481 g/mol. The lowest BCUT2D eigenvalue weighted by Gasteiger charge is -2.21. The predicted octanol–water partition coefficient (Wildman–Crippen LogP) is 2.26. The number of halogens is 1. The molecular formula is C23H24FN7O2S. The predicted molar refractivity (Wildman–Crippen MR) is 127 cm³/mol. The topological polar surface area (TPSA) is 114 Å². The normalized spacial score (nSPS) is 13.7. The smallest absolute Gasteiger partial charge is 0.253 e. The van der Waals surface area contributed by atoms with Gasteiger partial charge in [0.25, 0.3) is 5.95 Å². The Morgan fingerprint density at radius 2 is 2.00 bits per heavy atom. The van der Waals surface area contributed by atoms with Gasteiger partial charge in [0.05, 0.1) is 23.7 Å². The zero-order valence-corrected chi connectivity index (χ0v) is 19.4. The van der Waals surface area contributed by atoms with E-state index >= 15 is 0 Å². The van der Waals surface area contributed by atoms with Crippen LogP contribution in [-0.2, 0) is 36.1 Å². The van der Waals surface area contributed by atoms with Gasteiger partial charge in [0, 0.05) is 30.6 Å². The molecule has 0 saturated heterocycles. The average Bonchev–Trinajstić information content (AvgIpc) is 3.25. The van der Waals surface area contributed by atoms with Crippen LogP contribution in [0.2, 0.25) is 0 Å². The summed E-state index contributed by atoms with van der Waals surface area (Å²) in [5, 5.41) is 12.0. The SMILES string of the molecule is CS(=O)(=O)NCc1cccc2c1cnn2-c1nc2c(c(NCc3cccc(F)c3)n1)CCNC2. The van der Waals surface area contributed by atoms with E-state index in [1.807, 2.05) is 24.3 Å². The Hall–Kier alpha value is -3.41. The fourth-order valence-electron chi connectivity index (χ4n) is 4.05. The summed E-state index contributed by atoms with van der Waals surface area (Å²) in [4.78, 5) is 9.54. The van der Waals surface area contributed by atoms with Crippen LogP contribution in [0.25, 0.3) is 16.9 Å². The van der Waals surface area contributed by atoms with Gasteiger partial charge in [-0.3, -0.25) is 0 Å². The van der Waals surface area contributed by atoms with Crippen LogP contribution in [0.4, 0.5) is 10.2 Å². The van der Waals surface area contributed by atoms with Crippen molar-refractivity contribution in [2.75, 3.05) is 18.1 Å². The van der Waals surface area contributed by atoms with Gasteiger partial charge in [-0.25, -0.2) is 22.5 Å². The molecule has 0 bridgehead atoms. The number of rotatable bonds is 7. The van der Waals surface area contributed by atoms with Crippen LogP contribution in [0.5, 0.6) is 0 Å². The minimum absolute atomic E-state index is 0.164. The van der Waals surface area contributed by atoms with E-state index in [1.165, 1.54) is 12.1 Å². The molecule has 3 N–H and O–H groups in total. The van der Waals surface area contributed by atoms with Crippen molar-refractivity contribution >= 4 is 26.7 Å². The van der Waals surface area contributed by atoms with E-state index in [2.05, 4.69) is 20.5 Å². The fraction of sp³-hybridized carbons (Fsp3) is 0.261. The summed E-state index contributed by atoms with van der Waals surface area (Å²) in [6.07, 6.45) is 3.60. The summed E-state index contributed by atoms with van der Waals surface area (Å²) in [7, 11) is -3.32. The number of hydrogen-bond acceptors (Lipinski definition) is 7. The number of fused-ring (bicyclic) bond motifs is 2. The Bertz CT molecular complexity index is 1470. The highest BCUT2D eigenvalue weighted by Crippen LogP contribution is 2.25. The number of benzene rings is 2. The zero-order chi connectivity index (χ0) is 23.7. The first-order chi connectivity index (χ1) is 16.4. The summed E-state index contributed by atoms with van der Waals surface area (Å²) >= 11 is 0. The number of nitrogens with zero attached hydrogens (tertiary/aromatic N) is 4. The van der Waals surface area contributed by atoms with Crippen LogP contribution >= 0.6 is 0 Å². The van der Waals surface area contributed by atoms with Gasteiger partial charge in [-0.2, -0.15) is 14.8 Å². The molecule has 0 spiro atoms. The molecule has 0 atom stereocenters. The molecule has 3 heterocycles. The van der Waals surface area contributed by atoms with E-state index < -0.39 is 10.0 Å². The van der Waals surface area contributed by atoms with Crippen molar-refractivity contribution in [3.05, 3.63) is 76.9 Å². The van der Waals surface area contributed by atoms with Gasteiger partial charge >= 0.3 is 0 Å². The summed E-state index contributed by atoms with van der Waals surface area (Å²) in [6.45, 7) is 2.03. The second-order valence-electron chi connectivity index (χ2n) is 8.21. The second kappa shape index (κ2) is 9.09.